The highest BCUT2D eigenvalue weighted by molar-refractivity contribution is 7.18. The van der Waals surface area contributed by atoms with Crippen LogP contribution in [0.15, 0.2) is 4.79 Å². The predicted molar refractivity (Wildman–Crippen MR) is 88.8 cm³/mol. The molecule has 0 N–H and O–H groups in total. The number of nitrogens with zero attached hydrogens (tertiary/aromatic N) is 3. The largest absolute Gasteiger partial charge is 0.461 e. The second kappa shape index (κ2) is 6.03. The topological polar surface area (TPSA) is 74.1 Å². The van der Waals surface area contributed by atoms with Gasteiger partial charge in [0.25, 0.3) is 5.56 Å². The molecule has 7 heteroatoms. The molecule has 6 nitrogen and oxygen atoms in total. The lowest BCUT2D eigenvalue weighted by atomic mass is 9.89. The molecule has 2 aromatic rings. The molecule has 0 amide bonds. The van der Waals surface area contributed by atoms with Crippen molar-refractivity contribution in [1.82, 2.24) is 15.0 Å². The van der Waals surface area contributed by atoms with Crippen molar-refractivity contribution < 1.29 is 9.53 Å². The summed E-state index contributed by atoms with van der Waals surface area (Å²) in [5.41, 5.74) is 0.858. The molecule has 2 aromatic heterocycles. The summed E-state index contributed by atoms with van der Waals surface area (Å²) in [5, 5.41) is 8.77. The van der Waals surface area contributed by atoms with Gasteiger partial charge in [-0.2, -0.15) is 4.68 Å². The monoisotopic (exact) mass is 335 g/mol. The van der Waals surface area contributed by atoms with E-state index in [0.717, 1.165) is 29.5 Å². The normalized spacial score (nSPS) is 18.9. The Morgan fingerprint density at radius 3 is 2.83 bits per heavy atom. The molecule has 2 heterocycles. The third kappa shape index (κ3) is 2.89. The zero-order valence-electron chi connectivity index (χ0n) is 13.8. The number of aryl methyl sites for hydroxylation is 1. The lowest BCUT2D eigenvalue weighted by Gasteiger charge is -2.18. The van der Waals surface area contributed by atoms with Gasteiger partial charge in [-0.1, -0.05) is 12.1 Å². The number of carbonyl (C=O) groups is 1. The minimum absolute atomic E-state index is 0.229. The average molecular weight is 335 g/mol. The van der Waals surface area contributed by atoms with E-state index in [9.17, 15) is 9.59 Å². The summed E-state index contributed by atoms with van der Waals surface area (Å²) in [6.07, 6.45) is 2.72. The Morgan fingerprint density at radius 1 is 1.39 bits per heavy atom. The van der Waals surface area contributed by atoms with Gasteiger partial charge >= 0.3 is 5.97 Å². The summed E-state index contributed by atoms with van der Waals surface area (Å²) in [6.45, 7) is 7.40. The first-order valence-electron chi connectivity index (χ1n) is 7.98. The van der Waals surface area contributed by atoms with E-state index in [4.69, 9.17) is 4.74 Å². The molecule has 3 rings (SSSR count). The minimum Gasteiger partial charge on any atom is -0.461 e. The molecule has 2 atom stereocenters. The fourth-order valence-corrected chi connectivity index (χ4v) is 4.27. The average Bonchev–Trinajstić information content (AvgIpc) is 2.84. The Hall–Kier alpha value is -1.76. The van der Waals surface area contributed by atoms with Gasteiger partial charge in [0.15, 0.2) is 10.9 Å². The molecule has 0 bridgehead atoms. The third-order valence-electron chi connectivity index (χ3n) is 4.21. The van der Waals surface area contributed by atoms with E-state index in [1.165, 1.54) is 4.88 Å². The summed E-state index contributed by atoms with van der Waals surface area (Å²) < 4.78 is 6.33. The van der Waals surface area contributed by atoms with Gasteiger partial charge < -0.3 is 4.74 Å². The zero-order valence-corrected chi connectivity index (χ0v) is 14.6. The van der Waals surface area contributed by atoms with E-state index >= 15 is 0 Å². The maximum atomic E-state index is 12.8. The fourth-order valence-electron chi connectivity index (χ4n) is 2.96. The summed E-state index contributed by atoms with van der Waals surface area (Å²) in [7, 11) is 0. The van der Waals surface area contributed by atoms with Crippen LogP contribution in [0.25, 0.3) is 10.2 Å². The number of fused-ring (bicyclic) bond motifs is 3. The van der Waals surface area contributed by atoms with Crippen molar-refractivity contribution in [3.8, 4) is 0 Å². The standard InChI is InChI=1S/C16H21N3O3S/c1-8(2)22-16(21)10(4)19-15(20)13-11-6-5-9(3)7-12(11)23-14(13)17-18-19/h8-10H,5-7H2,1-4H3/t9-,10+/m0/s1. The SMILES string of the molecule is CC(C)OC(=O)[C@@H](C)n1nnc2sc3c(c2c1=O)CC[C@H](C)C3. The number of thiophene rings is 1. The van der Waals surface area contributed by atoms with E-state index < -0.39 is 12.0 Å². The third-order valence-corrected chi connectivity index (χ3v) is 5.35. The number of rotatable bonds is 3. The van der Waals surface area contributed by atoms with Crippen LogP contribution >= 0.6 is 11.3 Å². The van der Waals surface area contributed by atoms with Crippen LogP contribution in [-0.4, -0.2) is 27.1 Å². The second-order valence-corrected chi connectivity index (χ2v) is 7.62. The van der Waals surface area contributed by atoms with Gasteiger partial charge in [0, 0.05) is 4.88 Å². The summed E-state index contributed by atoms with van der Waals surface area (Å²) >= 11 is 1.55. The van der Waals surface area contributed by atoms with Crippen LogP contribution in [0.2, 0.25) is 0 Å². The molecule has 0 saturated carbocycles. The van der Waals surface area contributed by atoms with Crippen molar-refractivity contribution in [1.29, 1.82) is 0 Å². The highest BCUT2D eigenvalue weighted by Crippen LogP contribution is 2.35. The molecule has 124 valence electrons. The van der Waals surface area contributed by atoms with Crippen molar-refractivity contribution in [2.45, 2.75) is 59.1 Å². The number of aromatic nitrogens is 3. The van der Waals surface area contributed by atoms with Crippen LogP contribution in [-0.2, 0) is 22.4 Å². The lowest BCUT2D eigenvalue weighted by Crippen LogP contribution is -2.33. The van der Waals surface area contributed by atoms with Crippen molar-refractivity contribution >= 4 is 27.5 Å². The van der Waals surface area contributed by atoms with Gasteiger partial charge in [0.1, 0.15) is 0 Å². The van der Waals surface area contributed by atoms with Crippen LogP contribution in [0.5, 0.6) is 0 Å². The molecule has 0 spiro atoms. The molecule has 1 aliphatic rings. The van der Waals surface area contributed by atoms with Crippen LogP contribution < -0.4 is 5.56 Å². The number of hydrogen-bond donors (Lipinski definition) is 0. The first kappa shape index (κ1) is 16.1. The Balaban J connectivity index is 2.05. The van der Waals surface area contributed by atoms with Crippen LogP contribution in [0.3, 0.4) is 0 Å². The molecule has 0 aromatic carbocycles. The number of carbonyl (C=O) groups excluding carboxylic acids is 1. The van der Waals surface area contributed by atoms with Crippen molar-refractivity contribution in [2.24, 2.45) is 5.92 Å². The number of ether oxygens (including phenoxy) is 1. The van der Waals surface area contributed by atoms with E-state index in [1.807, 2.05) is 0 Å². The maximum Gasteiger partial charge on any atom is 0.331 e. The Bertz CT molecular complexity index is 809. The summed E-state index contributed by atoms with van der Waals surface area (Å²) in [4.78, 5) is 26.8. The van der Waals surface area contributed by atoms with Gasteiger partial charge in [-0.15, -0.1) is 16.4 Å². The Morgan fingerprint density at radius 2 is 2.13 bits per heavy atom. The number of esters is 1. The van der Waals surface area contributed by atoms with Crippen molar-refractivity contribution in [3.63, 3.8) is 0 Å². The first-order chi connectivity index (χ1) is 10.9. The van der Waals surface area contributed by atoms with Gasteiger partial charge in [0.05, 0.1) is 11.5 Å². The van der Waals surface area contributed by atoms with Gasteiger partial charge in [0.2, 0.25) is 0 Å². The van der Waals surface area contributed by atoms with Crippen LogP contribution in [0.1, 0.15) is 50.6 Å². The minimum atomic E-state index is -0.778. The quantitative estimate of drug-likeness (QED) is 0.806. The lowest BCUT2D eigenvalue weighted by molar-refractivity contribution is -0.151. The zero-order chi connectivity index (χ0) is 16.7. The molecular formula is C16H21N3O3S. The molecule has 0 aliphatic heterocycles. The molecule has 0 unspecified atom stereocenters. The summed E-state index contributed by atoms with van der Waals surface area (Å²) in [5.74, 6) is 0.166. The van der Waals surface area contributed by atoms with E-state index in [0.29, 0.717) is 16.1 Å². The van der Waals surface area contributed by atoms with Crippen molar-refractivity contribution in [3.05, 3.63) is 20.8 Å². The Kier molecular flexibility index (Phi) is 4.23. The molecular weight excluding hydrogens is 314 g/mol. The molecule has 0 fully saturated rings. The molecule has 0 radical (unpaired) electrons. The maximum absolute atomic E-state index is 12.8. The highest BCUT2D eigenvalue weighted by atomic mass is 32.1. The fraction of sp³-hybridized carbons (Fsp3) is 0.625. The molecule has 1 aliphatic carbocycles. The molecule has 0 saturated heterocycles. The highest BCUT2D eigenvalue weighted by Gasteiger charge is 2.26. The molecule has 23 heavy (non-hydrogen) atoms. The second-order valence-electron chi connectivity index (χ2n) is 6.53. The van der Waals surface area contributed by atoms with E-state index in [1.54, 1.807) is 32.1 Å². The van der Waals surface area contributed by atoms with Gasteiger partial charge in [-0.25, -0.2) is 4.79 Å². The van der Waals surface area contributed by atoms with E-state index in [2.05, 4.69) is 17.2 Å². The summed E-state index contributed by atoms with van der Waals surface area (Å²) in [6, 6.07) is -0.778. The van der Waals surface area contributed by atoms with Gasteiger partial charge in [-0.3, -0.25) is 4.79 Å². The smallest absolute Gasteiger partial charge is 0.331 e. The van der Waals surface area contributed by atoms with Gasteiger partial charge in [-0.05, 0) is 51.5 Å². The van der Waals surface area contributed by atoms with E-state index in [-0.39, 0.29) is 11.7 Å². The first-order valence-corrected chi connectivity index (χ1v) is 8.80. The predicted octanol–water partition coefficient (Wildman–Crippen LogP) is 2.49. The van der Waals surface area contributed by atoms with Crippen LogP contribution in [0.4, 0.5) is 0 Å². The van der Waals surface area contributed by atoms with Crippen LogP contribution in [0, 0.1) is 5.92 Å². The Labute approximate surface area is 138 Å². The van der Waals surface area contributed by atoms with Crippen molar-refractivity contribution in [2.75, 3.05) is 0 Å². The number of hydrogen-bond acceptors (Lipinski definition) is 6.